The number of rotatable bonds is 16. The Kier molecular flexibility index (Phi) is 19.2. The van der Waals surface area contributed by atoms with Gasteiger partial charge in [-0.25, -0.2) is 14.3 Å². The van der Waals surface area contributed by atoms with Crippen molar-refractivity contribution < 1.29 is 85.2 Å². The number of nitriles is 1. The van der Waals surface area contributed by atoms with Gasteiger partial charge in [-0.15, -0.1) is 0 Å². The summed E-state index contributed by atoms with van der Waals surface area (Å²) in [6.45, 7) is 13.3. The van der Waals surface area contributed by atoms with Crippen molar-refractivity contribution in [3.8, 4) is 6.07 Å². The lowest BCUT2D eigenvalue weighted by molar-refractivity contribution is -0.133. The lowest BCUT2D eigenvalue weighted by atomic mass is 10.1. The molecule has 450 valence electrons. The number of hydrogen-bond acceptors (Lipinski definition) is 24. The van der Waals surface area contributed by atoms with Crippen LogP contribution in [0.3, 0.4) is 0 Å². The molecule has 8 aliphatic heterocycles. The van der Waals surface area contributed by atoms with E-state index in [1.54, 1.807) is 29.1 Å². The first-order valence-electron chi connectivity index (χ1n) is 29.4. The van der Waals surface area contributed by atoms with Crippen molar-refractivity contribution >= 4 is 20.3 Å². The number of hydrogen-bond donors (Lipinski definition) is 8. The number of aromatic amines is 2. The van der Waals surface area contributed by atoms with E-state index in [4.69, 9.17) is 65.5 Å². The number of methoxy groups -OCH3 is 2. The second-order valence-electron chi connectivity index (χ2n) is 19.9. The summed E-state index contributed by atoms with van der Waals surface area (Å²) in [5.41, 5.74) is -2.71. The molecule has 0 radical (unpaired) electrons. The predicted molar refractivity (Wildman–Crippen MR) is 281 cm³/mol. The molecule has 30 nitrogen and oxygen atoms in total. The summed E-state index contributed by atoms with van der Waals surface area (Å²) < 4.78 is 105. The van der Waals surface area contributed by atoms with Crippen molar-refractivity contribution in [2.75, 3.05) is 27.3 Å². The van der Waals surface area contributed by atoms with Crippen LogP contribution in [-0.2, 0) is 56.5 Å². The standard InChI is InChI=1S/C20H33N4O6P.C11H16N2O5.C10H14N2O4.C9H12N2O5/c1-7-15-17(30-31(28-12-8-10-21)24(13(2)3)14(4)5)18(27-6)19(29-15)23-11-9-16(25)22-20(23)26;1-3-6-8(15)9(17-2)10(18-6)13-5-4-7(14)12-11(13)16;1-2-5-7(14)8-9(15-5)12-4-3-6(13)11-10(12)16-8;12-3-4-6(14)7-8(15-4)11-2-1-5(13)10-9(11)16-7/h9,11,13-15,17-19H,7-8,12H2,1-6H3,(H,22,25,26);4-6,8-10,15H,3H2,1-2H3,(H,12,14,16);3-5,7-10,14H,2H2,1H3,(H,11,13);1-2,4,6-9,12,14H,3H2,(H,10,13)/t15-,17-,18-,19-,31?;6-,8-,9-,10-;5-,7-,8?,9-,10?;4-,6-,7?,8-,9?/m1111/s1/i6D3;2D3;;. The Morgan fingerprint density at radius 3 is 1.59 bits per heavy atom. The van der Waals surface area contributed by atoms with Gasteiger partial charge in [-0.2, -0.15) is 5.26 Å². The van der Waals surface area contributed by atoms with E-state index >= 15 is 0 Å². The second-order valence-corrected chi connectivity index (χ2v) is 21.3. The fourth-order valence-electron chi connectivity index (χ4n) is 10.2. The van der Waals surface area contributed by atoms with Crippen LogP contribution in [0.15, 0.2) is 68.3 Å². The summed E-state index contributed by atoms with van der Waals surface area (Å²) in [5, 5.41) is 53.0. The number of fused-ring (bicyclic) bond motifs is 6. The highest BCUT2D eigenvalue weighted by Crippen LogP contribution is 2.51. The summed E-state index contributed by atoms with van der Waals surface area (Å²) in [7, 11) is -7.28. The topological polar surface area (TPSA) is 375 Å². The van der Waals surface area contributed by atoms with E-state index in [-0.39, 0.29) is 55.9 Å². The highest BCUT2D eigenvalue weighted by atomic mass is 31.2. The van der Waals surface area contributed by atoms with Gasteiger partial charge >= 0.3 is 11.4 Å². The number of aromatic nitrogens is 4. The average molecular weight is 1170 g/mol. The first kappa shape index (κ1) is 54.9. The summed E-state index contributed by atoms with van der Waals surface area (Å²) in [5.74, 6) is -0.433. The van der Waals surface area contributed by atoms with Crippen molar-refractivity contribution in [1.29, 1.82) is 5.26 Å². The van der Waals surface area contributed by atoms with Crippen molar-refractivity contribution in [1.82, 2.24) is 44.2 Å². The maximum Gasteiger partial charge on any atom is 0.330 e. The van der Waals surface area contributed by atoms with E-state index in [0.717, 1.165) is 27.7 Å². The van der Waals surface area contributed by atoms with Gasteiger partial charge < -0.3 is 87.8 Å². The molecule has 6 fully saturated rings. The third-order valence-electron chi connectivity index (χ3n) is 14.0. The average Bonchev–Trinajstić information content (AvgIpc) is 1.71. The van der Waals surface area contributed by atoms with E-state index in [1.807, 2.05) is 57.3 Å². The van der Waals surface area contributed by atoms with E-state index < -0.39 is 144 Å². The molecular weight excluding hydrogens is 1090 g/mol. The van der Waals surface area contributed by atoms with E-state index in [2.05, 4.69) is 15.6 Å². The lowest BCUT2D eigenvalue weighted by Gasteiger charge is -2.38. The van der Waals surface area contributed by atoms with Crippen LogP contribution in [0.5, 0.6) is 0 Å². The molecule has 0 bridgehead atoms. The molecule has 19 atom stereocenters. The smallest absolute Gasteiger partial charge is 0.330 e. The van der Waals surface area contributed by atoms with Crippen LogP contribution in [0, 0.1) is 11.3 Å². The van der Waals surface area contributed by atoms with Crippen molar-refractivity contribution in [3.63, 3.8) is 0 Å². The summed E-state index contributed by atoms with van der Waals surface area (Å²) >= 11 is 0. The van der Waals surface area contributed by atoms with Crippen molar-refractivity contribution in [2.45, 2.75) is 197 Å². The molecule has 8 aliphatic rings. The highest BCUT2D eigenvalue weighted by Gasteiger charge is 2.56. The van der Waals surface area contributed by atoms with Crippen LogP contribution in [0.25, 0.3) is 0 Å². The molecule has 2 aromatic heterocycles. The first-order chi connectivity index (χ1) is 41.0. The molecular formula is C50H75N10O20P. The van der Waals surface area contributed by atoms with Crippen molar-refractivity contribution in [3.05, 3.63) is 90.8 Å². The predicted octanol–water partition coefficient (Wildman–Crippen LogP) is -1.46. The normalized spacial score (nSPS) is 35.9. The van der Waals surface area contributed by atoms with E-state index in [1.165, 1.54) is 24.5 Å². The third kappa shape index (κ3) is 14.0. The Hall–Kier alpha value is -5.30. The zero-order chi connectivity index (χ0) is 64.0. The number of amides is 2. The van der Waals surface area contributed by atoms with Gasteiger partial charge in [0.15, 0.2) is 24.9 Å². The summed E-state index contributed by atoms with van der Waals surface area (Å²) in [6, 6.07) is 4.32. The van der Waals surface area contributed by atoms with Gasteiger partial charge in [0.25, 0.3) is 19.6 Å². The highest BCUT2D eigenvalue weighted by molar-refractivity contribution is 7.44. The zero-order valence-corrected chi connectivity index (χ0v) is 46.3. The molecule has 5 unspecified atom stereocenters. The minimum atomic E-state index is -2.80. The minimum absolute atomic E-state index is 0.0233. The van der Waals surface area contributed by atoms with Gasteiger partial charge in [-0.05, 0) is 47.0 Å². The Morgan fingerprint density at radius 2 is 1.12 bits per heavy atom. The van der Waals surface area contributed by atoms with Gasteiger partial charge in [-0.1, -0.05) is 20.8 Å². The molecule has 8 N–H and O–H groups in total. The number of carbonyl (C=O) groups is 2. The zero-order valence-electron chi connectivity index (χ0n) is 51.4. The number of ether oxygens (including phenoxy) is 8. The van der Waals surface area contributed by atoms with Gasteiger partial charge in [0, 0.05) is 75.2 Å². The fourth-order valence-corrected chi connectivity index (χ4v) is 11.9. The number of carbonyl (C=O) groups excluding carboxylic acids is 2. The number of aliphatic hydroxyl groups excluding tert-OH is 4. The minimum Gasteiger partial charge on any atom is -0.394 e. The van der Waals surface area contributed by atoms with Crippen LogP contribution < -0.4 is 33.1 Å². The molecule has 2 amide bonds. The number of nitrogens with zero attached hydrogens (tertiary/aromatic N) is 6. The molecule has 81 heavy (non-hydrogen) atoms. The number of H-pyrrole nitrogens is 2. The van der Waals surface area contributed by atoms with Gasteiger partial charge in [0.05, 0.1) is 52.2 Å². The molecule has 0 aliphatic carbocycles. The quantitative estimate of drug-likeness (QED) is 0.0703. The lowest BCUT2D eigenvalue weighted by Crippen LogP contribution is -2.48. The third-order valence-corrected chi connectivity index (χ3v) is 16.2. The van der Waals surface area contributed by atoms with Crippen LogP contribution in [0.2, 0.25) is 0 Å². The molecule has 10 heterocycles. The fraction of sp³-hybridized carbons (Fsp3) is 0.700. The monoisotopic (exact) mass is 1170 g/mol. The molecule has 6 saturated heterocycles. The molecule has 10 rings (SSSR count). The largest absolute Gasteiger partial charge is 0.394 e. The van der Waals surface area contributed by atoms with Crippen LogP contribution in [-0.4, -0.2) is 204 Å². The first-order valence-corrected chi connectivity index (χ1v) is 27.5. The van der Waals surface area contributed by atoms with Crippen LogP contribution >= 0.6 is 8.53 Å². The van der Waals surface area contributed by atoms with E-state index in [0.29, 0.717) is 12.8 Å². The Morgan fingerprint density at radius 1 is 0.667 bits per heavy atom. The summed E-state index contributed by atoms with van der Waals surface area (Å²) in [6.07, 6.45) is -3.10. The van der Waals surface area contributed by atoms with Gasteiger partial charge in [0.2, 0.25) is 24.5 Å². The molecule has 31 heteroatoms. The van der Waals surface area contributed by atoms with E-state index in [9.17, 15) is 44.1 Å². The van der Waals surface area contributed by atoms with Crippen LogP contribution in [0.1, 0.15) is 94.8 Å². The molecule has 2 aromatic rings. The Balaban J connectivity index is 0.000000174. The maximum atomic E-state index is 12.5. The number of aliphatic hydroxyl groups is 4. The van der Waals surface area contributed by atoms with Crippen LogP contribution in [0.4, 0.5) is 0 Å². The Bertz CT molecular complexity index is 2930. The van der Waals surface area contributed by atoms with Gasteiger partial charge in [0.1, 0.15) is 54.9 Å². The second kappa shape index (κ2) is 28.3. The molecule has 0 spiro atoms. The van der Waals surface area contributed by atoms with Gasteiger partial charge in [-0.3, -0.25) is 38.3 Å². The maximum absolute atomic E-state index is 12.5. The summed E-state index contributed by atoms with van der Waals surface area (Å²) in [4.78, 5) is 76.7. The number of nitrogens with one attached hydrogen (secondary N) is 4. The SMILES string of the molecule is CC[C@H]1O[C@@H]2C(OC3NC(=O)C=CN32)[C@@H]1O.O=C1C=CN2C(N1)OC1[C@H]2O[C@H](CO)[C@H]1O.[2H]C([2H])([2H])O[C@@H]1[C@H](O)[C@@H](CC)O[C@H]1n1ccc(=O)[nH]c1=O.[2H]C([2H])([2H])O[C@@H]1[C@H](OP(OCCC#N)N(C(C)C)C(C)C)[C@@H](CC)O[C@H]1n1ccc(=O)[nH]c1=O. The van der Waals surface area contributed by atoms with Crippen molar-refractivity contribution in [2.24, 2.45) is 0 Å². The Labute approximate surface area is 475 Å². The molecule has 0 aromatic carbocycles. The molecule has 0 saturated carbocycles.